The molecule has 1 aliphatic rings. The first-order valence-corrected chi connectivity index (χ1v) is 11.2. The molecule has 0 heterocycles. The SMILES string of the molecule is CCCCCC1CCC(c2ccc(-c3cc(F)c4c(F)c(F)ccc4c3)cc2)CC1. The summed E-state index contributed by atoms with van der Waals surface area (Å²) < 4.78 is 41.9. The smallest absolute Gasteiger partial charge is 0.169 e. The van der Waals surface area contributed by atoms with Gasteiger partial charge in [0.1, 0.15) is 5.82 Å². The van der Waals surface area contributed by atoms with Crippen molar-refractivity contribution in [2.45, 2.75) is 64.2 Å². The van der Waals surface area contributed by atoms with Crippen LogP contribution in [0.2, 0.25) is 0 Å². The second-order valence-electron chi connectivity index (χ2n) is 8.75. The Morgan fingerprint density at radius 2 is 1.50 bits per heavy atom. The zero-order chi connectivity index (χ0) is 21.1. The average molecular weight is 411 g/mol. The van der Waals surface area contributed by atoms with Crippen molar-refractivity contribution >= 4 is 10.8 Å². The summed E-state index contributed by atoms with van der Waals surface area (Å²) >= 11 is 0. The van der Waals surface area contributed by atoms with Crippen LogP contribution in [0.15, 0.2) is 48.5 Å². The maximum absolute atomic E-state index is 14.5. The van der Waals surface area contributed by atoms with Gasteiger partial charge in [-0.1, -0.05) is 62.9 Å². The van der Waals surface area contributed by atoms with Gasteiger partial charge in [-0.3, -0.25) is 0 Å². The third kappa shape index (κ3) is 4.40. The van der Waals surface area contributed by atoms with Crippen LogP contribution < -0.4 is 0 Å². The summed E-state index contributed by atoms with van der Waals surface area (Å²) in [5, 5.41) is 0.0837. The minimum absolute atomic E-state index is 0.286. The van der Waals surface area contributed by atoms with Gasteiger partial charge in [0.2, 0.25) is 0 Å². The Labute approximate surface area is 177 Å². The molecule has 0 spiro atoms. The van der Waals surface area contributed by atoms with Gasteiger partial charge in [-0.25, -0.2) is 13.2 Å². The second-order valence-corrected chi connectivity index (χ2v) is 8.75. The highest BCUT2D eigenvalue weighted by atomic mass is 19.2. The van der Waals surface area contributed by atoms with Crippen LogP contribution in [0.1, 0.15) is 69.8 Å². The Bertz CT molecular complexity index is 999. The van der Waals surface area contributed by atoms with Gasteiger partial charge in [0.15, 0.2) is 11.6 Å². The molecule has 30 heavy (non-hydrogen) atoms. The fourth-order valence-electron chi connectivity index (χ4n) is 4.93. The number of hydrogen-bond acceptors (Lipinski definition) is 0. The zero-order valence-electron chi connectivity index (χ0n) is 17.6. The zero-order valence-corrected chi connectivity index (χ0v) is 17.6. The molecule has 0 aromatic heterocycles. The van der Waals surface area contributed by atoms with E-state index in [-0.39, 0.29) is 5.39 Å². The van der Waals surface area contributed by atoms with Gasteiger partial charge in [0, 0.05) is 0 Å². The largest absolute Gasteiger partial charge is 0.206 e. The Morgan fingerprint density at radius 1 is 0.767 bits per heavy atom. The fraction of sp³-hybridized carbons (Fsp3) is 0.407. The summed E-state index contributed by atoms with van der Waals surface area (Å²) in [6, 6.07) is 13.8. The summed E-state index contributed by atoms with van der Waals surface area (Å²) in [7, 11) is 0. The summed E-state index contributed by atoms with van der Waals surface area (Å²) in [4.78, 5) is 0. The molecule has 0 nitrogen and oxygen atoms in total. The summed E-state index contributed by atoms with van der Waals surface area (Å²) in [6.07, 6.45) is 10.5. The lowest BCUT2D eigenvalue weighted by Gasteiger charge is -2.29. The molecule has 0 atom stereocenters. The van der Waals surface area contributed by atoms with E-state index in [4.69, 9.17) is 0 Å². The van der Waals surface area contributed by atoms with E-state index >= 15 is 0 Å². The number of fused-ring (bicyclic) bond motifs is 1. The molecule has 0 bridgehead atoms. The molecule has 0 radical (unpaired) electrons. The van der Waals surface area contributed by atoms with E-state index in [1.807, 2.05) is 12.1 Å². The molecule has 0 N–H and O–H groups in total. The van der Waals surface area contributed by atoms with Crippen molar-refractivity contribution in [1.29, 1.82) is 0 Å². The monoisotopic (exact) mass is 410 g/mol. The molecule has 1 saturated carbocycles. The van der Waals surface area contributed by atoms with Crippen LogP contribution in [0, 0.1) is 23.4 Å². The van der Waals surface area contributed by atoms with Crippen molar-refractivity contribution in [3.63, 3.8) is 0 Å². The van der Waals surface area contributed by atoms with Gasteiger partial charge in [0.05, 0.1) is 5.39 Å². The number of benzene rings is 3. The number of rotatable bonds is 6. The molecule has 3 heteroatoms. The van der Waals surface area contributed by atoms with Crippen LogP contribution in [0.5, 0.6) is 0 Å². The highest BCUT2D eigenvalue weighted by Gasteiger charge is 2.22. The van der Waals surface area contributed by atoms with E-state index in [0.717, 1.165) is 17.5 Å². The molecule has 3 aromatic carbocycles. The lowest BCUT2D eigenvalue weighted by Crippen LogP contribution is -2.13. The van der Waals surface area contributed by atoms with Crippen molar-refractivity contribution in [1.82, 2.24) is 0 Å². The van der Waals surface area contributed by atoms with E-state index in [1.54, 1.807) is 6.07 Å². The van der Waals surface area contributed by atoms with Crippen molar-refractivity contribution < 1.29 is 13.2 Å². The van der Waals surface area contributed by atoms with Gasteiger partial charge in [-0.15, -0.1) is 0 Å². The summed E-state index contributed by atoms with van der Waals surface area (Å²) in [6.45, 7) is 2.25. The van der Waals surface area contributed by atoms with E-state index in [0.29, 0.717) is 16.9 Å². The minimum atomic E-state index is -1.13. The first-order valence-electron chi connectivity index (χ1n) is 11.2. The van der Waals surface area contributed by atoms with Gasteiger partial charge in [-0.05, 0) is 77.8 Å². The first kappa shape index (κ1) is 21.0. The highest BCUT2D eigenvalue weighted by Crippen LogP contribution is 2.38. The Balaban J connectivity index is 1.47. The molecule has 1 fully saturated rings. The van der Waals surface area contributed by atoms with Crippen molar-refractivity contribution in [2.24, 2.45) is 5.92 Å². The van der Waals surface area contributed by atoms with E-state index in [1.165, 1.54) is 69.1 Å². The summed E-state index contributed by atoms with van der Waals surface area (Å²) in [5.74, 6) is -1.40. The van der Waals surface area contributed by atoms with Crippen LogP contribution in [0.25, 0.3) is 21.9 Å². The number of hydrogen-bond donors (Lipinski definition) is 0. The van der Waals surface area contributed by atoms with Gasteiger partial charge < -0.3 is 0 Å². The third-order valence-electron chi connectivity index (χ3n) is 6.74. The second kappa shape index (κ2) is 9.24. The van der Waals surface area contributed by atoms with Crippen LogP contribution in [-0.2, 0) is 0 Å². The number of unbranched alkanes of at least 4 members (excludes halogenated alkanes) is 2. The predicted molar refractivity (Wildman–Crippen MR) is 118 cm³/mol. The maximum atomic E-state index is 14.5. The Hall–Kier alpha value is -2.29. The standard InChI is InChI=1S/C27H29F3/c1-2-3-4-5-18-6-8-19(9-7-18)20-10-12-21(13-11-20)23-16-22-14-15-24(28)27(30)26(22)25(29)17-23/h10-19H,2-9H2,1H3. The Morgan fingerprint density at radius 3 is 2.20 bits per heavy atom. The molecular formula is C27H29F3. The normalized spacial score (nSPS) is 19.3. The quantitative estimate of drug-likeness (QED) is 0.356. The molecule has 0 saturated heterocycles. The van der Waals surface area contributed by atoms with Crippen molar-refractivity contribution in [3.05, 3.63) is 71.5 Å². The predicted octanol–water partition coefficient (Wildman–Crippen LogP) is 8.78. The average Bonchev–Trinajstić information content (AvgIpc) is 2.77. The van der Waals surface area contributed by atoms with E-state index < -0.39 is 17.5 Å². The van der Waals surface area contributed by atoms with Gasteiger partial charge in [0.25, 0.3) is 0 Å². The molecule has 0 aliphatic heterocycles. The molecule has 0 unspecified atom stereocenters. The van der Waals surface area contributed by atoms with Gasteiger partial charge >= 0.3 is 0 Å². The molecular weight excluding hydrogens is 381 g/mol. The van der Waals surface area contributed by atoms with Crippen LogP contribution >= 0.6 is 0 Å². The summed E-state index contributed by atoms with van der Waals surface area (Å²) in [5.41, 5.74) is 2.91. The molecule has 0 amide bonds. The lowest BCUT2D eigenvalue weighted by molar-refractivity contribution is 0.303. The Kier molecular flexibility index (Phi) is 6.46. The third-order valence-corrected chi connectivity index (χ3v) is 6.74. The molecule has 3 aromatic rings. The maximum Gasteiger partial charge on any atom is 0.169 e. The minimum Gasteiger partial charge on any atom is -0.206 e. The molecule has 158 valence electrons. The van der Waals surface area contributed by atoms with Gasteiger partial charge in [-0.2, -0.15) is 0 Å². The fourth-order valence-corrected chi connectivity index (χ4v) is 4.93. The van der Waals surface area contributed by atoms with Crippen LogP contribution in [0.3, 0.4) is 0 Å². The van der Waals surface area contributed by atoms with Crippen molar-refractivity contribution in [3.8, 4) is 11.1 Å². The lowest BCUT2D eigenvalue weighted by atomic mass is 9.77. The van der Waals surface area contributed by atoms with E-state index in [9.17, 15) is 13.2 Å². The number of halogens is 3. The van der Waals surface area contributed by atoms with E-state index in [2.05, 4.69) is 19.1 Å². The molecule has 4 rings (SSSR count). The van der Waals surface area contributed by atoms with Crippen LogP contribution in [0.4, 0.5) is 13.2 Å². The molecule has 1 aliphatic carbocycles. The topological polar surface area (TPSA) is 0 Å². The van der Waals surface area contributed by atoms with Crippen molar-refractivity contribution in [2.75, 3.05) is 0 Å². The first-order chi connectivity index (χ1) is 14.6. The highest BCUT2D eigenvalue weighted by molar-refractivity contribution is 5.88. The van der Waals surface area contributed by atoms with Crippen LogP contribution in [-0.4, -0.2) is 0 Å².